The molecule has 0 unspecified atom stereocenters. The molecule has 0 amide bonds. The van der Waals surface area contributed by atoms with Gasteiger partial charge in [0.05, 0.1) is 0 Å². The van der Waals surface area contributed by atoms with Crippen LogP contribution in [0.1, 0.15) is 131 Å². The van der Waals surface area contributed by atoms with E-state index in [9.17, 15) is 9.59 Å². The standard InChI is InChI=1S/C15H28O.C8H14O.C2H6/c1-2-3-4-5-6-11-15(16)13-12-14-9-7-8-10-14;1-3-4-5-6-7-8(2)9;1-2/h14H,2-13H2,1H3;3-4H,5-7H2,1-2H3;1-2H3/b;4-3-;. The summed E-state index contributed by atoms with van der Waals surface area (Å²) in [4.78, 5) is 22.0. The summed E-state index contributed by atoms with van der Waals surface area (Å²) in [7, 11) is 0. The normalized spacial score (nSPS) is 13.7. The maximum absolute atomic E-state index is 11.6. The van der Waals surface area contributed by atoms with Crippen molar-refractivity contribution in [2.24, 2.45) is 5.92 Å². The Bertz CT molecular complexity index is 351. The molecule has 0 aliphatic heterocycles. The number of carbonyl (C=O) groups is 2. The van der Waals surface area contributed by atoms with Crippen molar-refractivity contribution in [1.82, 2.24) is 0 Å². The van der Waals surface area contributed by atoms with Gasteiger partial charge in [-0.05, 0) is 45.4 Å². The molecule has 1 fully saturated rings. The molecular weight excluding hydrogens is 332 g/mol. The van der Waals surface area contributed by atoms with E-state index in [-0.39, 0.29) is 0 Å². The molecular formula is C25H48O2. The van der Waals surface area contributed by atoms with Crippen molar-refractivity contribution in [1.29, 1.82) is 0 Å². The van der Waals surface area contributed by atoms with E-state index in [1.54, 1.807) is 6.92 Å². The molecule has 0 spiro atoms. The molecule has 2 heteroatoms. The van der Waals surface area contributed by atoms with Crippen molar-refractivity contribution in [3.63, 3.8) is 0 Å². The molecule has 1 saturated carbocycles. The van der Waals surface area contributed by atoms with Crippen molar-refractivity contribution in [3.8, 4) is 0 Å². The lowest BCUT2D eigenvalue weighted by atomic mass is 9.98. The predicted molar refractivity (Wildman–Crippen MR) is 120 cm³/mol. The van der Waals surface area contributed by atoms with Gasteiger partial charge in [-0.1, -0.05) is 84.3 Å². The molecule has 0 aromatic carbocycles. The Morgan fingerprint density at radius 1 is 0.889 bits per heavy atom. The number of unbranched alkanes of at least 4 members (excludes halogenated alkanes) is 5. The number of rotatable bonds is 13. The minimum Gasteiger partial charge on any atom is -0.300 e. The molecule has 2 nitrogen and oxygen atoms in total. The molecule has 0 bridgehead atoms. The highest BCUT2D eigenvalue weighted by Gasteiger charge is 2.15. The molecule has 0 saturated heterocycles. The number of carbonyl (C=O) groups excluding carboxylic acids is 2. The van der Waals surface area contributed by atoms with E-state index >= 15 is 0 Å². The molecule has 1 aliphatic carbocycles. The average molecular weight is 381 g/mol. The summed E-state index contributed by atoms with van der Waals surface area (Å²) in [6, 6.07) is 0. The van der Waals surface area contributed by atoms with Crippen LogP contribution in [0.3, 0.4) is 0 Å². The van der Waals surface area contributed by atoms with Crippen LogP contribution >= 0.6 is 0 Å². The van der Waals surface area contributed by atoms with Crippen LogP contribution in [0.2, 0.25) is 0 Å². The van der Waals surface area contributed by atoms with E-state index in [1.165, 1.54) is 57.8 Å². The molecule has 1 rings (SSSR count). The Kier molecular flexibility index (Phi) is 24.2. The van der Waals surface area contributed by atoms with Gasteiger partial charge in [0.25, 0.3) is 0 Å². The van der Waals surface area contributed by atoms with Gasteiger partial charge in [0.15, 0.2) is 0 Å². The van der Waals surface area contributed by atoms with Crippen LogP contribution in [0.25, 0.3) is 0 Å². The van der Waals surface area contributed by atoms with Gasteiger partial charge in [-0.25, -0.2) is 0 Å². The van der Waals surface area contributed by atoms with E-state index < -0.39 is 0 Å². The zero-order chi connectivity index (χ0) is 20.8. The first-order valence-electron chi connectivity index (χ1n) is 11.7. The highest BCUT2D eigenvalue weighted by Crippen LogP contribution is 2.28. The van der Waals surface area contributed by atoms with Crippen molar-refractivity contribution < 1.29 is 9.59 Å². The molecule has 160 valence electrons. The summed E-state index contributed by atoms with van der Waals surface area (Å²) >= 11 is 0. The largest absolute Gasteiger partial charge is 0.300 e. The third-order valence-corrected chi connectivity index (χ3v) is 5.00. The van der Waals surface area contributed by atoms with E-state index in [0.29, 0.717) is 11.6 Å². The van der Waals surface area contributed by atoms with Crippen LogP contribution < -0.4 is 0 Å². The van der Waals surface area contributed by atoms with Gasteiger partial charge in [-0.2, -0.15) is 0 Å². The van der Waals surface area contributed by atoms with Gasteiger partial charge >= 0.3 is 0 Å². The molecule has 0 heterocycles. The molecule has 1 aliphatic rings. The lowest BCUT2D eigenvalue weighted by Crippen LogP contribution is -2.02. The molecule has 27 heavy (non-hydrogen) atoms. The molecule has 0 aromatic rings. The van der Waals surface area contributed by atoms with Crippen LogP contribution in [-0.2, 0) is 9.59 Å². The summed E-state index contributed by atoms with van der Waals surface area (Å²) in [6.07, 6.45) is 21.6. The Hall–Kier alpha value is -0.920. The first kappa shape index (κ1) is 28.3. The fraction of sp³-hybridized carbons (Fsp3) is 0.840. The first-order chi connectivity index (χ1) is 13.1. The van der Waals surface area contributed by atoms with Crippen molar-refractivity contribution >= 4 is 11.6 Å². The molecule has 0 atom stereocenters. The summed E-state index contributed by atoms with van der Waals surface area (Å²) in [5.41, 5.74) is 0. The smallest absolute Gasteiger partial charge is 0.132 e. The topological polar surface area (TPSA) is 34.1 Å². The number of hydrogen-bond acceptors (Lipinski definition) is 2. The maximum atomic E-state index is 11.6. The lowest BCUT2D eigenvalue weighted by molar-refractivity contribution is -0.119. The minimum atomic E-state index is 0.291. The van der Waals surface area contributed by atoms with Crippen molar-refractivity contribution in [2.45, 2.75) is 131 Å². The summed E-state index contributed by atoms with van der Waals surface area (Å²) < 4.78 is 0. The van der Waals surface area contributed by atoms with Crippen LogP contribution in [0.4, 0.5) is 0 Å². The fourth-order valence-electron chi connectivity index (χ4n) is 3.35. The monoisotopic (exact) mass is 380 g/mol. The van der Waals surface area contributed by atoms with E-state index in [0.717, 1.165) is 44.4 Å². The van der Waals surface area contributed by atoms with Crippen LogP contribution in [0.15, 0.2) is 12.2 Å². The molecule has 0 radical (unpaired) electrons. The van der Waals surface area contributed by atoms with Gasteiger partial charge in [-0.3, -0.25) is 4.79 Å². The third-order valence-electron chi connectivity index (χ3n) is 5.00. The van der Waals surface area contributed by atoms with Crippen LogP contribution in [-0.4, -0.2) is 11.6 Å². The summed E-state index contributed by atoms with van der Waals surface area (Å²) in [5, 5.41) is 0. The van der Waals surface area contributed by atoms with Crippen LogP contribution in [0, 0.1) is 5.92 Å². The molecule has 0 N–H and O–H groups in total. The van der Waals surface area contributed by atoms with Crippen molar-refractivity contribution in [2.75, 3.05) is 0 Å². The predicted octanol–water partition coefficient (Wildman–Crippen LogP) is 8.23. The highest BCUT2D eigenvalue weighted by atomic mass is 16.1. The zero-order valence-corrected chi connectivity index (χ0v) is 19.2. The summed E-state index contributed by atoms with van der Waals surface area (Å²) in [6.45, 7) is 9.86. The number of allylic oxidation sites excluding steroid dienone is 2. The average Bonchev–Trinajstić information content (AvgIpc) is 3.19. The van der Waals surface area contributed by atoms with Gasteiger partial charge in [0.1, 0.15) is 11.6 Å². The van der Waals surface area contributed by atoms with E-state index in [2.05, 4.69) is 13.0 Å². The van der Waals surface area contributed by atoms with E-state index in [1.807, 2.05) is 26.8 Å². The number of hydrogen-bond donors (Lipinski definition) is 0. The highest BCUT2D eigenvalue weighted by molar-refractivity contribution is 5.78. The Morgan fingerprint density at radius 2 is 1.52 bits per heavy atom. The van der Waals surface area contributed by atoms with Gasteiger partial charge < -0.3 is 4.79 Å². The SMILES string of the molecule is C/C=C\CCCC(C)=O.CC.CCCCCCCC(=O)CCC1CCCC1. The second-order valence-electron chi connectivity index (χ2n) is 7.56. The van der Waals surface area contributed by atoms with Crippen LogP contribution in [0.5, 0.6) is 0 Å². The number of ketones is 2. The van der Waals surface area contributed by atoms with Gasteiger partial charge in [0.2, 0.25) is 0 Å². The van der Waals surface area contributed by atoms with Gasteiger partial charge in [0, 0.05) is 19.3 Å². The zero-order valence-electron chi connectivity index (χ0n) is 19.2. The van der Waals surface area contributed by atoms with Gasteiger partial charge in [-0.15, -0.1) is 0 Å². The Balaban J connectivity index is 0. The Morgan fingerprint density at radius 3 is 2.07 bits per heavy atom. The minimum absolute atomic E-state index is 0.291. The second kappa shape index (κ2) is 23.1. The first-order valence-corrected chi connectivity index (χ1v) is 11.7. The van der Waals surface area contributed by atoms with E-state index in [4.69, 9.17) is 0 Å². The van der Waals surface area contributed by atoms with Crippen molar-refractivity contribution in [3.05, 3.63) is 12.2 Å². The fourth-order valence-corrected chi connectivity index (χ4v) is 3.35. The summed E-state index contributed by atoms with van der Waals surface area (Å²) in [5.74, 6) is 1.69. The molecule has 0 aromatic heterocycles. The third kappa shape index (κ3) is 23.0. The Labute approximate surface area is 170 Å². The second-order valence-corrected chi connectivity index (χ2v) is 7.56. The number of Topliss-reactive ketones (excluding diaryl/α,β-unsaturated/α-hetero) is 2. The lowest BCUT2D eigenvalue weighted by Gasteiger charge is -2.07. The maximum Gasteiger partial charge on any atom is 0.132 e. The quantitative estimate of drug-likeness (QED) is 0.238.